The number of allylic oxidation sites excluding steroid dienone is 1. The van der Waals surface area contributed by atoms with E-state index in [2.05, 4.69) is 12.2 Å². The fraction of sp³-hybridized carbons (Fsp3) is 0.409. The predicted molar refractivity (Wildman–Crippen MR) is 128 cm³/mol. The van der Waals surface area contributed by atoms with Gasteiger partial charge in [0, 0.05) is 44.4 Å². The Kier molecular flexibility index (Phi) is 6.78. The molecule has 0 aliphatic carbocycles. The van der Waals surface area contributed by atoms with Gasteiger partial charge in [0.25, 0.3) is 5.56 Å². The van der Waals surface area contributed by atoms with Gasteiger partial charge in [-0.3, -0.25) is 13.9 Å². The van der Waals surface area contributed by atoms with Gasteiger partial charge in [0.1, 0.15) is 5.82 Å². The number of halogens is 1. The van der Waals surface area contributed by atoms with Crippen molar-refractivity contribution < 1.29 is 5.11 Å². The molecule has 4 rings (SSSR count). The Morgan fingerprint density at radius 2 is 1.97 bits per heavy atom. The van der Waals surface area contributed by atoms with Gasteiger partial charge >= 0.3 is 5.69 Å². The van der Waals surface area contributed by atoms with Crippen LogP contribution in [0.15, 0.2) is 45.0 Å². The molecule has 0 bridgehead atoms. The van der Waals surface area contributed by atoms with Gasteiger partial charge in [-0.1, -0.05) is 23.7 Å². The molecule has 1 aliphatic rings. The molecule has 1 atom stereocenters. The second kappa shape index (κ2) is 9.56. The molecule has 0 saturated heterocycles. The Bertz CT molecular complexity index is 1280. The lowest BCUT2D eigenvalue weighted by atomic mass is 10.2. The van der Waals surface area contributed by atoms with Gasteiger partial charge in [-0.25, -0.2) is 9.78 Å². The highest BCUT2D eigenvalue weighted by atomic mass is 35.5. The molecule has 10 heteroatoms. The van der Waals surface area contributed by atoms with Crippen LogP contribution in [0.2, 0.25) is 5.02 Å². The normalized spacial score (nSPS) is 15.9. The van der Waals surface area contributed by atoms with Crippen LogP contribution in [0.5, 0.6) is 0 Å². The number of aliphatic hydroxyl groups excluding tert-OH is 1. The maximum Gasteiger partial charge on any atom is 0.332 e. The highest BCUT2D eigenvalue weighted by Crippen LogP contribution is 2.28. The van der Waals surface area contributed by atoms with Crippen molar-refractivity contribution in [2.45, 2.75) is 44.6 Å². The smallest absolute Gasteiger partial charge is 0.332 e. The number of hydrogen-bond acceptors (Lipinski definition) is 6. The SMILES string of the molecule is CC1=CNC(CCc2nc3c(c(=O)n(CCCO)c(=O)n3C)n2Cc2ccc(Cl)cc2)S1. The first-order valence-corrected chi connectivity index (χ1v) is 11.8. The number of fused-ring (bicyclic) bond motifs is 1. The van der Waals surface area contributed by atoms with Crippen LogP contribution < -0.4 is 16.6 Å². The number of imidazole rings is 1. The Labute approximate surface area is 194 Å². The molecule has 3 heterocycles. The van der Waals surface area contributed by atoms with E-state index in [-0.39, 0.29) is 24.1 Å². The van der Waals surface area contributed by atoms with Crippen molar-refractivity contribution in [3.05, 3.63) is 72.6 Å². The minimum Gasteiger partial charge on any atom is -0.396 e. The Balaban J connectivity index is 1.80. The third-order valence-electron chi connectivity index (χ3n) is 5.54. The zero-order chi connectivity index (χ0) is 22.8. The largest absolute Gasteiger partial charge is 0.396 e. The average molecular weight is 476 g/mol. The van der Waals surface area contributed by atoms with E-state index in [1.165, 1.54) is 14.0 Å². The van der Waals surface area contributed by atoms with Gasteiger partial charge in [0.2, 0.25) is 0 Å². The van der Waals surface area contributed by atoms with Gasteiger partial charge in [0.05, 0.1) is 5.37 Å². The van der Waals surface area contributed by atoms with E-state index in [0.717, 1.165) is 17.8 Å². The lowest BCUT2D eigenvalue weighted by molar-refractivity contribution is 0.277. The summed E-state index contributed by atoms with van der Waals surface area (Å²) in [5.41, 5.74) is 0.958. The summed E-state index contributed by atoms with van der Waals surface area (Å²) >= 11 is 7.82. The van der Waals surface area contributed by atoms with E-state index in [1.54, 1.807) is 18.8 Å². The summed E-state index contributed by atoms with van der Waals surface area (Å²) < 4.78 is 4.52. The summed E-state index contributed by atoms with van der Waals surface area (Å²) in [6.45, 7) is 2.58. The van der Waals surface area contributed by atoms with Crippen LogP contribution in [-0.2, 0) is 26.6 Å². The quantitative estimate of drug-likeness (QED) is 0.519. The summed E-state index contributed by atoms with van der Waals surface area (Å²) in [7, 11) is 1.63. The molecule has 1 unspecified atom stereocenters. The van der Waals surface area contributed by atoms with Crippen LogP contribution in [-0.4, -0.2) is 35.8 Å². The lowest BCUT2D eigenvalue weighted by Crippen LogP contribution is -2.40. The minimum atomic E-state index is -0.425. The van der Waals surface area contributed by atoms with Crippen molar-refractivity contribution >= 4 is 34.5 Å². The van der Waals surface area contributed by atoms with Crippen LogP contribution in [0.1, 0.15) is 31.2 Å². The Morgan fingerprint density at radius 1 is 1.22 bits per heavy atom. The van der Waals surface area contributed by atoms with Crippen molar-refractivity contribution in [3.8, 4) is 0 Å². The number of aryl methyl sites for hydroxylation is 2. The molecule has 1 aliphatic heterocycles. The molecule has 0 amide bonds. The number of aromatic nitrogens is 4. The highest BCUT2D eigenvalue weighted by Gasteiger charge is 2.22. The number of hydrogen-bond donors (Lipinski definition) is 2. The molecule has 3 aromatic rings. The zero-order valence-electron chi connectivity index (χ0n) is 18.0. The second-order valence-corrected chi connectivity index (χ2v) is 9.74. The van der Waals surface area contributed by atoms with Crippen molar-refractivity contribution in [3.63, 3.8) is 0 Å². The van der Waals surface area contributed by atoms with Crippen molar-refractivity contribution in [2.75, 3.05) is 6.61 Å². The van der Waals surface area contributed by atoms with Crippen molar-refractivity contribution in [1.82, 2.24) is 24.0 Å². The number of nitrogens with one attached hydrogen (secondary N) is 1. The molecule has 2 aromatic heterocycles. The number of aliphatic hydroxyl groups is 1. The lowest BCUT2D eigenvalue weighted by Gasteiger charge is -2.13. The molecule has 0 fully saturated rings. The van der Waals surface area contributed by atoms with Crippen LogP contribution in [0.4, 0.5) is 0 Å². The molecule has 0 spiro atoms. The summed E-state index contributed by atoms with van der Waals surface area (Å²) in [4.78, 5) is 32.1. The fourth-order valence-electron chi connectivity index (χ4n) is 3.88. The first-order valence-electron chi connectivity index (χ1n) is 10.5. The van der Waals surface area contributed by atoms with Gasteiger partial charge in [-0.05, 0) is 42.4 Å². The summed E-state index contributed by atoms with van der Waals surface area (Å²) in [5.74, 6) is 0.758. The van der Waals surface area contributed by atoms with Gasteiger partial charge in [-0.2, -0.15) is 0 Å². The topological polar surface area (TPSA) is 94.1 Å². The number of nitrogens with zero attached hydrogens (tertiary/aromatic N) is 4. The minimum absolute atomic E-state index is 0.0948. The van der Waals surface area contributed by atoms with Crippen LogP contribution in [0, 0.1) is 0 Å². The molecule has 8 nitrogen and oxygen atoms in total. The number of benzene rings is 1. The van der Waals surface area contributed by atoms with Gasteiger partial charge in [0.15, 0.2) is 11.2 Å². The van der Waals surface area contributed by atoms with Gasteiger partial charge < -0.3 is 15.0 Å². The van der Waals surface area contributed by atoms with E-state index < -0.39 is 5.69 Å². The number of rotatable bonds is 8. The molecule has 170 valence electrons. The third-order valence-corrected chi connectivity index (χ3v) is 6.93. The fourth-order valence-corrected chi connectivity index (χ4v) is 4.96. The molecular formula is C22H26ClN5O3S. The summed E-state index contributed by atoms with van der Waals surface area (Å²) in [6.07, 6.45) is 3.82. The first kappa shape index (κ1) is 22.7. The third kappa shape index (κ3) is 4.51. The van der Waals surface area contributed by atoms with E-state index in [9.17, 15) is 14.7 Å². The van der Waals surface area contributed by atoms with Crippen molar-refractivity contribution in [2.24, 2.45) is 7.05 Å². The molecule has 0 saturated carbocycles. The molecule has 0 radical (unpaired) electrons. The zero-order valence-corrected chi connectivity index (χ0v) is 19.6. The van der Waals surface area contributed by atoms with E-state index >= 15 is 0 Å². The van der Waals surface area contributed by atoms with E-state index in [4.69, 9.17) is 16.6 Å². The maximum atomic E-state index is 13.4. The standard InChI is InChI=1S/C22H26ClN5O3S/c1-14-12-24-18(32-14)9-8-17-25-20-19(28(17)13-15-4-6-16(23)7-5-15)21(30)27(10-3-11-29)22(31)26(20)2/h4-7,12,18,24,29H,3,8-11,13H2,1-2H3. The van der Waals surface area contributed by atoms with E-state index in [0.29, 0.717) is 35.6 Å². The molecule has 2 N–H and O–H groups in total. The van der Waals surface area contributed by atoms with E-state index in [1.807, 2.05) is 35.0 Å². The van der Waals surface area contributed by atoms with Crippen molar-refractivity contribution in [1.29, 1.82) is 0 Å². The molecule has 1 aromatic carbocycles. The maximum absolute atomic E-state index is 13.4. The van der Waals surface area contributed by atoms with Crippen LogP contribution in [0.25, 0.3) is 11.2 Å². The molecule has 32 heavy (non-hydrogen) atoms. The summed E-state index contributed by atoms with van der Waals surface area (Å²) in [5, 5.41) is 13.4. The summed E-state index contributed by atoms with van der Waals surface area (Å²) in [6, 6.07) is 7.48. The average Bonchev–Trinajstić information content (AvgIpc) is 3.36. The van der Waals surface area contributed by atoms with Crippen LogP contribution >= 0.6 is 23.4 Å². The Morgan fingerprint density at radius 3 is 2.62 bits per heavy atom. The molecular weight excluding hydrogens is 450 g/mol. The van der Waals surface area contributed by atoms with Gasteiger partial charge in [-0.15, -0.1) is 11.8 Å². The first-order chi connectivity index (χ1) is 15.4. The second-order valence-electron chi connectivity index (χ2n) is 7.86. The monoisotopic (exact) mass is 475 g/mol. The highest BCUT2D eigenvalue weighted by molar-refractivity contribution is 8.03. The Hall–Kier alpha value is -2.49. The number of thioether (sulfide) groups is 1. The van der Waals surface area contributed by atoms with Crippen LogP contribution in [0.3, 0.4) is 0 Å². The predicted octanol–water partition coefficient (Wildman–Crippen LogP) is 2.44.